The van der Waals surface area contributed by atoms with E-state index < -0.39 is 0 Å². The number of rotatable bonds is 0. The van der Waals surface area contributed by atoms with Crippen LogP contribution in [0, 0.1) is 0 Å². The average Bonchev–Trinajstić information content (AvgIpc) is 2.43. The highest BCUT2D eigenvalue weighted by molar-refractivity contribution is 5.60. The van der Waals surface area contributed by atoms with Crippen LogP contribution in [0.5, 0.6) is 0 Å². The van der Waals surface area contributed by atoms with E-state index >= 15 is 0 Å². The number of fused-ring (bicyclic) bond motifs is 2. The summed E-state index contributed by atoms with van der Waals surface area (Å²) >= 11 is 0. The van der Waals surface area contributed by atoms with Crippen LogP contribution < -0.4 is 0 Å². The molecule has 0 aromatic heterocycles. The van der Waals surface area contributed by atoms with Crippen LogP contribution in [-0.2, 0) is 12.8 Å². The van der Waals surface area contributed by atoms with Crippen molar-refractivity contribution in [1.82, 2.24) is 0 Å². The van der Waals surface area contributed by atoms with Gasteiger partial charge in [-0.05, 0) is 35.1 Å². The summed E-state index contributed by atoms with van der Waals surface area (Å²) in [5.41, 5.74) is 5.46. The van der Waals surface area contributed by atoms with Crippen LogP contribution in [0.2, 0.25) is 0 Å². The monoisotopic (exact) mass is 232 g/mol. The number of benzene rings is 2. The highest BCUT2D eigenvalue weighted by atomic mass is 14.1. The lowest BCUT2D eigenvalue weighted by Gasteiger charge is -2.07. The fourth-order valence-electron chi connectivity index (χ4n) is 2.39. The lowest BCUT2D eigenvalue weighted by molar-refractivity contribution is 1.23. The zero-order chi connectivity index (χ0) is 12.2. The largest absolute Gasteiger partial charge is 0.0795 e. The molecule has 0 heteroatoms. The first-order chi connectivity index (χ1) is 8.93. The van der Waals surface area contributed by atoms with E-state index in [1.54, 1.807) is 0 Å². The van der Waals surface area contributed by atoms with Crippen molar-refractivity contribution in [3.05, 3.63) is 82.9 Å². The van der Waals surface area contributed by atoms with Gasteiger partial charge in [-0.3, -0.25) is 0 Å². The highest BCUT2D eigenvalue weighted by Gasteiger charge is 2.00. The molecule has 0 nitrogen and oxygen atoms in total. The quantitative estimate of drug-likeness (QED) is 0.627. The van der Waals surface area contributed by atoms with Crippen LogP contribution in [-0.4, -0.2) is 0 Å². The Kier molecular flexibility index (Phi) is 3.10. The first-order valence-electron chi connectivity index (χ1n) is 6.42. The Bertz CT molecular complexity index is 547. The molecule has 0 bridgehead atoms. The Morgan fingerprint density at radius 2 is 1.00 bits per heavy atom. The molecule has 0 spiro atoms. The average molecular weight is 232 g/mol. The van der Waals surface area contributed by atoms with Gasteiger partial charge in [0.2, 0.25) is 0 Å². The smallest absolute Gasteiger partial charge is 0.00882 e. The van der Waals surface area contributed by atoms with E-state index in [-0.39, 0.29) is 0 Å². The first-order valence-corrected chi connectivity index (χ1v) is 6.42. The molecule has 0 aliphatic heterocycles. The minimum atomic E-state index is 0.995. The maximum Gasteiger partial charge on any atom is -0.00882 e. The number of hydrogen-bond acceptors (Lipinski definition) is 0. The Morgan fingerprint density at radius 1 is 0.556 bits per heavy atom. The second-order valence-corrected chi connectivity index (χ2v) is 4.61. The van der Waals surface area contributed by atoms with E-state index in [4.69, 9.17) is 0 Å². The van der Waals surface area contributed by atoms with Crippen LogP contribution in [0.1, 0.15) is 22.3 Å². The lowest BCUT2D eigenvalue weighted by Crippen LogP contribution is -1.91. The van der Waals surface area contributed by atoms with Crippen LogP contribution in [0.3, 0.4) is 0 Å². The third kappa shape index (κ3) is 2.28. The summed E-state index contributed by atoms with van der Waals surface area (Å²) in [6.45, 7) is 0. The first kappa shape index (κ1) is 11.0. The second kappa shape index (κ2) is 5.05. The number of hydrogen-bond donors (Lipinski definition) is 0. The third-order valence-electron chi connectivity index (χ3n) is 3.38. The van der Waals surface area contributed by atoms with Gasteiger partial charge in [0.15, 0.2) is 0 Å². The molecule has 88 valence electrons. The molecule has 2 aromatic carbocycles. The molecule has 0 unspecified atom stereocenters. The Labute approximate surface area is 108 Å². The second-order valence-electron chi connectivity index (χ2n) is 4.61. The van der Waals surface area contributed by atoms with Gasteiger partial charge in [0.05, 0.1) is 0 Å². The van der Waals surface area contributed by atoms with E-state index in [1.807, 2.05) is 0 Å². The molecule has 0 amide bonds. The van der Waals surface area contributed by atoms with E-state index in [9.17, 15) is 0 Å². The van der Waals surface area contributed by atoms with Crippen molar-refractivity contribution in [2.75, 3.05) is 0 Å². The minimum absolute atomic E-state index is 0.995. The molecule has 1 aliphatic rings. The molecule has 18 heavy (non-hydrogen) atoms. The van der Waals surface area contributed by atoms with Gasteiger partial charge in [-0.1, -0.05) is 72.8 Å². The van der Waals surface area contributed by atoms with Crippen LogP contribution >= 0.6 is 0 Å². The maximum atomic E-state index is 2.26. The summed E-state index contributed by atoms with van der Waals surface area (Å²) in [7, 11) is 0. The van der Waals surface area contributed by atoms with Crippen molar-refractivity contribution in [2.45, 2.75) is 12.8 Å². The van der Waals surface area contributed by atoms with Gasteiger partial charge in [0.1, 0.15) is 0 Å². The van der Waals surface area contributed by atoms with Gasteiger partial charge in [0, 0.05) is 0 Å². The Hall–Kier alpha value is -2.08. The molecule has 0 fully saturated rings. The van der Waals surface area contributed by atoms with Gasteiger partial charge in [-0.15, -0.1) is 0 Å². The molecular formula is C18H16. The van der Waals surface area contributed by atoms with Crippen LogP contribution in [0.25, 0.3) is 12.2 Å². The standard InChI is InChI=1S/C18H16/c1-2-8-16-12-6-14-18-10-4-3-9-17(18)13-5-11-15(16)7-1/h1-11,14H,12-13H2/b11-5-,14-6?. The van der Waals surface area contributed by atoms with Crippen molar-refractivity contribution in [3.8, 4) is 0 Å². The summed E-state index contributed by atoms with van der Waals surface area (Å²) < 4.78 is 0. The van der Waals surface area contributed by atoms with Crippen molar-refractivity contribution in [3.63, 3.8) is 0 Å². The molecule has 1 aliphatic carbocycles. The van der Waals surface area contributed by atoms with E-state index in [0.29, 0.717) is 0 Å². The van der Waals surface area contributed by atoms with Gasteiger partial charge < -0.3 is 0 Å². The minimum Gasteiger partial charge on any atom is -0.0795 e. The molecule has 0 saturated heterocycles. The summed E-state index contributed by atoms with van der Waals surface area (Å²) in [6.07, 6.45) is 11.0. The summed E-state index contributed by atoms with van der Waals surface area (Å²) in [6, 6.07) is 17.2. The van der Waals surface area contributed by atoms with Crippen molar-refractivity contribution in [2.24, 2.45) is 0 Å². The zero-order valence-electron chi connectivity index (χ0n) is 10.3. The predicted octanol–water partition coefficient (Wildman–Crippen LogP) is 4.51. The Morgan fingerprint density at radius 3 is 1.50 bits per heavy atom. The van der Waals surface area contributed by atoms with Gasteiger partial charge in [0.25, 0.3) is 0 Å². The topological polar surface area (TPSA) is 0 Å². The summed E-state index contributed by atoms with van der Waals surface area (Å²) in [4.78, 5) is 0. The SMILES string of the molecule is C1=Cc2ccccc2C/C=C\c2ccccc2C1. The normalized spacial score (nSPS) is 15.6. The maximum absolute atomic E-state index is 2.26. The van der Waals surface area contributed by atoms with Crippen molar-refractivity contribution < 1.29 is 0 Å². The van der Waals surface area contributed by atoms with Gasteiger partial charge in [-0.25, -0.2) is 0 Å². The fraction of sp³-hybridized carbons (Fsp3) is 0.111. The molecule has 0 atom stereocenters. The van der Waals surface area contributed by atoms with E-state index in [1.165, 1.54) is 22.3 Å². The lowest BCUT2D eigenvalue weighted by atomic mass is 9.98. The molecular weight excluding hydrogens is 216 g/mol. The zero-order valence-corrected chi connectivity index (χ0v) is 10.3. The van der Waals surface area contributed by atoms with Gasteiger partial charge >= 0.3 is 0 Å². The molecule has 2 aromatic rings. The van der Waals surface area contributed by atoms with Crippen LogP contribution in [0.4, 0.5) is 0 Å². The highest BCUT2D eigenvalue weighted by Crippen LogP contribution is 2.18. The van der Waals surface area contributed by atoms with Crippen molar-refractivity contribution in [1.29, 1.82) is 0 Å². The van der Waals surface area contributed by atoms with E-state index in [2.05, 4.69) is 72.8 Å². The molecule has 0 N–H and O–H groups in total. The predicted molar refractivity (Wildman–Crippen MR) is 78.4 cm³/mol. The summed E-state index contributed by atoms with van der Waals surface area (Å²) in [5, 5.41) is 0. The fourth-order valence-corrected chi connectivity index (χ4v) is 2.39. The third-order valence-corrected chi connectivity index (χ3v) is 3.38. The molecule has 3 rings (SSSR count). The van der Waals surface area contributed by atoms with Crippen LogP contribution in [0.15, 0.2) is 60.7 Å². The molecule has 0 heterocycles. The van der Waals surface area contributed by atoms with Gasteiger partial charge in [-0.2, -0.15) is 0 Å². The summed E-state index contributed by atoms with van der Waals surface area (Å²) in [5.74, 6) is 0. The van der Waals surface area contributed by atoms with Crippen molar-refractivity contribution >= 4 is 12.2 Å². The number of allylic oxidation sites excluding steroid dienone is 2. The molecule has 0 saturated carbocycles. The Balaban J connectivity index is 2.02. The molecule has 0 radical (unpaired) electrons. The van der Waals surface area contributed by atoms with E-state index in [0.717, 1.165) is 12.8 Å².